The SMILES string of the molecule is CSCCC(C)Nc1cc(F)cc(F)c1N. The maximum absolute atomic E-state index is 13.1. The normalized spacial score (nSPS) is 12.5. The van der Waals surface area contributed by atoms with Gasteiger partial charge >= 0.3 is 0 Å². The van der Waals surface area contributed by atoms with Crippen molar-refractivity contribution < 1.29 is 8.78 Å². The largest absolute Gasteiger partial charge is 0.395 e. The molecule has 1 aromatic rings. The first-order chi connectivity index (χ1) is 7.54. The van der Waals surface area contributed by atoms with Crippen molar-refractivity contribution >= 4 is 23.1 Å². The molecule has 0 aliphatic carbocycles. The van der Waals surface area contributed by atoms with Crippen LogP contribution in [0.25, 0.3) is 0 Å². The van der Waals surface area contributed by atoms with E-state index in [0.717, 1.165) is 18.2 Å². The Morgan fingerprint density at radius 1 is 1.44 bits per heavy atom. The van der Waals surface area contributed by atoms with Crippen LogP contribution in [-0.2, 0) is 0 Å². The van der Waals surface area contributed by atoms with Crippen molar-refractivity contribution in [2.45, 2.75) is 19.4 Å². The number of nitrogens with two attached hydrogens (primary N) is 1. The molecule has 0 aliphatic heterocycles. The molecule has 1 unspecified atom stereocenters. The van der Waals surface area contributed by atoms with E-state index in [1.54, 1.807) is 11.8 Å². The minimum atomic E-state index is -0.723. The predicted octanol–water partition coefficient (Wildman–Crippen LogP) is 3.10. The monoisotopic (exact) mass is 246 g/mol. The molecule has 3 N–H and O–H groups in total. The second-order valence-electron chi connectivity index (χ2n) is 3.68. The van der Waals surface area contributed by atoms with Gasteiger partial charge in [0.25, 0.3) is 0 Å². The third kappa shape index (κ3) is 3.56. The highest BCUT2D eigenvalue weighted by Gasteiger charge is 2.10. The molecule has 0 aliphatic rings. The van der Waals surface area contributed by atoms with Crippen LogP contribution in [0.3, 0.4) is 0 Å². The second-order valence-corrected chi connectivity index (χ2v) is 4.66. The maximum atomic E-state index is 13.1. The number of rotatable bonds is 5. The fourth-order valence-electron chi connectivity index (χ4n) is 1.34. The Morgan fingerprint density at radius 3 is 2.75 bits per heavy atom. The molecule has 1 rings (SSSR count). The van der Waals surface area contributed by atoms with Gasteiger partial charge in [-0.15, -0.1) is 0 Å². The quantitative estimate of drug-likeness (QED) is 0.784. The topological polar surface area (TPSA) is 38.0 Å². The number of halogens is 2. The number of nitrogens with one attached hydrogen (secondary N) is 1. The van der Waals surface area contributed by atoms with Gasteiger partial charge in [0, 0.05) is 12.1 Å². The highest BCUT2D eigenvalue weighted by molar-refractivity contribution is 7.98. The zero-order valence-electron chi connectivity index (χ0n) is 9.39. The lowest BCUT2D eigenvalue weighted by atomic mass is 10.2. The van der Waals surface area contributed by atoms with Crippen molar-refractivity contribution in [1.82, 2.24) is 0 Å². The van der Waals surface area contributed by atoms with Gasteiger partial charge in [-0.3, -0.25) is 0 Å². The van der Waals surface area contributed by atoms with E-state index >= 15 is 0 Å². The zero-order chi connectivity index (χ0) is 12.1. The summed E-state index contributed by atoms with van der Waals surface area (Å²) in [5.74, 6) is -0.350. The highest BCUT2D eigenvalue weighted by atomic mass is 32.2. The number of benzene rings is 1. The van der Waals surface area contributed by atoms with E-state index < -0.39 is 11.6 Å². The molecule has 90 valence electrons. The van der Waals surface area contributed by atoms with Crippen LogP contribution in [0.2, 0.25) is 0 Å². The van der Waals surface area contributed by atoms with Gasteiger partial charge in [-0.2, -0.15) is 11.8 Å². The highest BCUT2D eigenvalue weighted by Crippen LogP contribution is 2.24. The van der Waals surface area contributed by atoms with Crippen molar-refractivity contribution in [3.05, 3.63) is 23.8 Å². The van der Waals surface area contributed by atoms with Gasteiger partial charge in [0.1, 0.15) is 5.82 Å². The van der Waals surface area contributed by atoms with Crippen LogP contribution in [0.5, 0.6) is 0 Å². The number of hydrogen-bond donors (Lipinski definition) is 2. The Morgan fingerprint density at radius 2 is 2.12 bits per heavy atom. The summed E-state index contributed by atoms with van der Waals surface area (Å²) < 4.78 is 26.1. The molecule has 0 aromatic heterocycles. The summed E-state index contributed by atoms with van der Waals surface area (Å²) in [5.41, 5.74) is 5.81. The average molecular weight is 246 g/mol. The summed E-state index contributed by atoms with van der Waals surface area (Å²) in [6, 6.07) is 2.14. The smallest absolute Gasteiger partial charge is 0.151 e. The van der Waals surface area contributed by atoms with Crippen molar-refractivity contribution in [1.29, 1.82) is 0 Å². The number of anilines is 2. The van der Waals surface area contributed by atoms with Crippen LogP contribution >= 0.6 is 11.8 Å². The third-order valence-electron chi connectivity index (χ3n) is 2.25. The fourth-order valence-corrected chi connectivity index (χ4v) is 1.93. The molecule has 5 heteroatoms. The van der Waals surface area contributed by atoms with Crippen LogP contribution in [0.15, 0.2) is 12.1 Å². The van der Waals surface area contributed by atoms with Crippen LogP contribution in [0, 0.1) is 11.6 Å². The number of nitrogen functional groups attached to an aromatic ring is 1. The summed E-state index contributed by atoms with van der Waals surface area (Å²) in [6.45, 7) is 1.96. The lowest BCUT2D eigenvalue weighted by Crippen LogP contribution is -2.17. The molecule has 2 nitrogen and oxygen atoms in total. The van der Waals surface area contributed by atoms with E-state index in [1.807, 2.05) is 13.2 Å². The Bertz CT molecular complexity index is 358. The molecule has 0 radical (unpaired) electrons. The Hall–Kier alpha value is -0.970. The standard InChI is InChI=1S/C11H16F2N2S/c1-7(3-4-16-2)15-10-6-8(12)5-9(13)11(10)14/h5-7,15H,3-4,14H2,1-2H3. The van der Waals surface area contributed by atoms with Crippen LogP contribution in [-0.4, -0.2) is 18.1 Å². The van der Waals surface area contributed by atoms with Gasteiger partial charge in [0.15, 0.2) is 5.82 Å². The summed E-state index contributed by atoms with van der Waals surface area (Å²) in [6.07, 6.45) is 2.93. The van der Waals surface area contributed by atoms with Gasteiger partial charge in [0.2, 0.25) is 0 Å². The molecule has 0 saturated heterocycles. The van der Waals surface area contributed by atoms with Gasteiger partial charge in [-0.25, -0.2) is 8.78 Å². The first-order valence-corrected chi connectivity index (χ1v) is 6.44. The molecule has 0 spiro atoms. The molecule has 0 amide bonds. The Labute approximate surface area is 98.6 Å². The van der Waals surface area contributed by atoms with E-state index in [0.29, 0.717) is 5.69 Å². The molecule has 0 saturated carbocycles. The summed E-state index contributed by atoms with van der Waals surface area (Å²) >= 11 is 1.73. The zero-order valence-corrected chi connectivity index (χ0v) is 10.2. The van der Waals surface area contributed by atoms with Gasteiger partial charge in [-0.1, -0.05) is 0 Å². The minimum absolute atomic E-state index is 0.0302. The Kier molecular flexibility index (Phi) is 4.86. The van der Waals surface area contributed by atoms with Gasteiger partial charge in [0.05, 0.1) is 11.4 Å². The maximum Gasteiger partial charge on any atom is 0.151 e. The van der Waals surface area contributed by atoms with E-state index in [9.17, 15) is 8.78 Å². The van der Waals surface area contributed by atoms with Crippen molar-refractivity contribution in [3.8, 4) is 0 Å². The average Bonchev–Trinajstić information content (AvgIpc) is 2.22. The minimum Gasteiger partial charge on any atom is -0.395 e. The van der Waals surface area contributed by atoms with Crippen molar-refractivity contribution in [3.63, 3.8) is 0 Å². The Balaban J connectivity index is 2.72. The molecular formula is C11H16F2N2S. The summed E-state index contributed by atoms with van der Waals surface area (Å²) in [7, 11) is 0. The van der Waals surface area contributed by atoms with Crippen LogP contribution < -0.4 is 11.1 Å². The lowest BCUT2D eigenvalue weighted by molar-refractivity contribution is 0.586. The molecule has 0 bridgehead atoms. The second kappa shape index (κ2) is 5.94. The molecule has 0 heterocycles. The predicted molar refractivity (Wildman–Crippen MR) is 66.9 cm³/mol. The molecule has 0 fully saturated rings. The third-order valence-corrected chi connectivity index (χ3v) is 2.90. The van der Waals surface area contributed by atoms with Gasteiger partial charge in [-0.05, 0) is 31.4 Å². The molecule has 1 atom stereocenters. The van der Waals surface area contributed by atoms with Crippen molar-refractivity contribution in [2.24, 2.45) is 0 Å². The molecule has 1 aromatic carbocycles. The first kappa shape index (κ1) is 13.1. The summed E-state index contributed by atoms with van der Waals surface area (Å²) in [4.78, 5) is 0. The van der Waals surface area contributed by atoms with E-state index in [2.05, 4.69) is 5.32 Å². The summed E-state index contributed by atoms with van der Waals surface area (Å²) in [5, 5.41) is 3.01. The number of thioether (sulfide) groups is 1. The van der Waals surface area contributed by atoms with Gasteiger partial charge < -0.3 is 11.1 Å². The number of hydrogen-bond acceptors (Lipinski definition) is 3. The van der Waals surface area contributed by atoms with E-state index in [1.165, 1.54) is 6.07 Å². The molecular weight excluding hydrogens is 230 g/mol. The lowest BCUT2D eigenvalue weighted by Gasteiger charge is -2.16. The van der Waals surface area contributed by atoms with Crippen LogP contribution in [0.1, 0.15) is 13.3 Å². The van der Waals surface area contributed by atoms with E-state index in [-0.39, 0.29) is 11.7 Å². The molecule has 16 heavy (non-hydrogen) atoms. The van der Waals surface area contributed by atoms with E-state index in [4.69, 9.17) is 5.73 Å². The van der Waals surface area contributed by atoms with Crippen molar-refractivity contribution in [2.75, 3.05) is 23.1 Å². The van der Waals surface area contributed by atoms with Crippen LogP contribution in [0.4, 0.5) is 20.2 Å². The first-order valence-electron chi connectivity index (χ1n) is 5.04. The fraction of sp³-hybridized carbons (Fsp3) is 0.455.